The molecule has 3 rings (SSSR count). The Balaban J connectivity index is 2.01. The van der Waals surface area contributed by atoms with E-state index in [0.717, 1.165) is 5.56 Å². The second-order valence-corrected chi connectivity index (χ2v) is 8.22. The molecule has 0 aliphatic carbocycles. The first-order chi connectivity index (χ1) is 14.0. The maximum Gasteiger partial charge on any atom is 0.264 e. The van der Waals surface area contributed by atoms with Gasteiger partial charge < -0.3 is 5.32 Å². The summed E-state index contributed by atoms with van der Waals surface area (Å²) < 4.78 is 28.4. The van der Waals surface area contributed by atoms with Gasteiger partial charge in [0.15, 0.2) is 0 Å². The summed E-state index contributed by atoms with van der Waals surface area (Å²) >= 11 is 0. The first-order valence-electron chi connectivity index (χ1n) is 9.13. The fourth-order valence-corrected chi connectivity index (χ4v) is 4.35. The number of hydrogen-bond donors (Lipinski definition) is 1. The summed E-state index contributed by atoms with van der Waals surface area (Å²) in [6, 6.07) is 24.4. The zero-order valence-electron chi connectivity index (χ0n) is 15.9. The maximum atomic E-state index is 13.5. The number of anilines is 1. The maximum absolute atomic E-state index is 13.5. The van der Waals surface area contributed by atoms with Crippen molar-refractivity contribution < 1.29 is 13.2 Å². The van der Waals surface area contributed by atoms with Crippen LogP contribution in [0.1, 0.15) is 15.9 Å². The van der Waals surface area contributed by atoms with Crippen molar-refractivity contribution in [1.82, 2.24) is 5.32 Å². The van der Waals surface area contributed by atoms with Gasteiger partial charge in [0.1, 0.15) is 0 Å². The molecular weight excluding hydrogens is 384 g/mol. The Labute approximate surface area is 171 Å². The van der Waals surface area contributed by atoms with Crippen molar-refractivity contribution >= 4 is 21.6 Å². The van der Waals surface area contributed by atoms with Crippen LogP contribution in [0, 0.1) is 0 Å². The van der Waals surface area contributed by atoms with E-state index in [1.165, 1.54) is 16.4 Å². The number of amides is 1. The molecule has 0 fully saturated rings. The van der Waals surface area contributed by atoms with E-state index in [2.05, 4.69) is 11.9 Å². The van der Waals surface area contributed by atoms with E-state index in [4.69, 9.17) is 0 Å². The number of nitrogens with one attached hydrogen (secondary N) is 1. The molecule has 0 saturated carbocycles. The van der Waals surface area contributed by atoms with Gasteiger partial charge in [-0.05, 0) is 35.9 Å². The largest absolute Gasteiger partial charge is 0.349 e. The van der Waals surface area contributed by atoms with Crippen LogP contribution in [-0.4, -0.2) is 20.9 Å². The minimum Gasteiger partial charge on any atom is -0.349 e. The molecule has 3 aromatic carbocycles. The van der Waals surface area contributed by atoms with E-state index in [9.17, 15) is 13.2 Å². The number of para-hydroxylation sites is 1. The van der Waals surface area contributed by atoms with E-state index in [-0.39, 0.29) is 22.9 Å². The van der Waals surface area contributed by atoms with E-state index in [0.29, 0.717) is 12.2 Å². The van der Waals surface area contributed by atoms with Crippen LogP contribution in [-0.2, 0) is 16.6 Å². The number of hydrogen-bond acceptors (Lipinski definition) is 3. The number of nitrogens with zero attached hydrogens (tertiary/aromatic N) is 1. The lowest BCUT2D eigenvalue weighted by Gasteiger charge is -2.25. The fourth-order valence-electron chi connectivity index (χ4n) is 2.85. The Morgan fingerprint density at radius 1 is 0.931 bits per heavy atom. The normalized spacial score (nSPS) is 10.9. The summed E-state index contributed by atoms with van der Waals surface area (Å²) in [5.74, 6) is -0.351. The molecule has 0 aliphatic rings. The van der Waals surface area contributed by atoms with Gasteiger partial charge in [-0.1, -0.05) is 60.7 Å². The van der Waals surface area contributed by atoms with Crippen molar-refractivity contribution in [2.45, 2.75) is 11.4 Å². The van der Waals surface area contributed by atoms with Gasteiger partial charge in [-0.3, -0.25) is 9.10 Å². The Kier molecular flexibility index (Phi) is 6.46. The third-order valence-corrected chi connectivity index (χ3v) is 6.07. The lowest BCUT2D eigenvalue weighted by Crippen LogP contribution is -2.31. The van der Waals surface area contributed by atoms with Crippen LogP contribution in [0.5, 0.6) is 0 Å². The second kappa shape index (κ2) is 9.21. The highest BCUT2D eigenvalue weighted by molar-refractivity contribution is 7.92. The smallest absolute Gasteiger partial charge is 0.264 e. The van der Waals surface area contributed by atoms with Crippen molar-refractivity contribution in [2.75, 3.05) is 10.8 Å². The van der Waals surface area contributed by atoms with Gasteiger partial charge in [-0.15, -0.1) is 6.58 Å². The first kappa shape index (κ1) is 20.4. The molecule has 0 unspecified atom stereocenters. The molecule has 0 aromatic heterocycles. The van der Waals surface area contributed by atoms with E-state index < -0.39 is 10.0 Å². The molecule has 0 radical (unpaired) electrons. The molecule has 0 atom stereocenters. The molecule has 29 heavy (non-hydrogen) atoms. The Morgan fingerprint density at radius 2 is 1.59 bits per heavy atom. The number of carbonyl (C=O) groups excluding carboxylic acids is 1. The topological polar surface area (TPSA) is 66.5 Å². The van der Waals surface area contributed by atoms with Gasteiger partial charge in [0.25, 0.3) is 15.9 Å². The van der Waals surface area contributed by atoms with Crippen LogP contribution in [0.25, 0.3) is 0 Å². The molecule has 0 spiro atoms. The minimum atomic E-state index is -3.90. The Hall–Kier alpha value is -3.38. The summed E-state index contributed by atoms with van der Waals surface area (Å²) in [5.41, 5.74) is 1.69. The third-order valence-electron chi connectivity index (χ3n) is 4.30. The SMILES string of the molecule is C=CCNC(=O)c1cccc(S(=O)(=O)N(Cc2ccccc2)c2ccccc2)c1. The highest BCUT2D eigenvalue weighted by Gasteiger charge is 2.26. The van der Waals surface area contributed by atoms with Crippen LogP contribution in [0.4, 0.5) is 5.69 Å². The molecule has 6 heteroatoms. The Morgan fingerprint density at radius 3 is 2.24 bits per heavy atom. The molecule has 1 N–H and O–H groups in total. The number of sulfonamides is 1. The molecule has 0 bridgehead atoms. The average Bonchev–Trinajstić information content (AvgIpc) is 2.77. The van der Waals surface area contributed by atoms with E-state index in [1.54, 1.807) is 42.5 Å². The number of benzene rings is 3. The van der Waals surface area contributed by atoms with Crippen molar-refractivity contribution in [3.63, 3.8) is 0 Å². The molecule has 0 heterocycles. The van der Waals surface area contributed by atoms with Gasteiger partial charge in [0, 0.05) is 12.1 Å². The van der Waals surface area contributed by atoms with Crippen molar-refractivity contribution in [3.8, 4) is 0 Å². The fraction of sp³-hybridized carbons (Fsp3) is 0.0870. The van der Waals surface area contributed by atoms with Gasteiger partial charge >= 0.3 is 0 Å². The minimum absolute atomic E-state index is 0.0588. The molecule has 0 aliphatic heterocycles. The summed E-state index contributed by atoms with van der Waals surface area (Å²) in [4.78, 5) is 12.3. The zero-order chi connectivity index (χ0) is 20.7. The summed E-state index contributed by atoms with van der Waals surface area (Å²) in [6.07, 6.45) is 1.56. The highest BCUT2D eigenvalue weighted by Crippen LogP contribution is 2.26. The molecule has 5 nitrogen and oxygen atoms in total. The molecule has 3 aromatic rings. The average molecular weight is 407 g/mol. The van der Waals surface area contributed by atoms with E-state index >= 15 is 0 Å². The van der Waals surface area contributed by atoms with Gasteiger partial charge in [-0.2, -0.15) is 0 Å². The summed E-state index contributed by atoms with van der Waals surface area (Å²) in [6.45, 7) is 4.05. The van der Waals surface area contributed by atoms with Gasteiger partial charge in [0.2, 0.25) is 0 Å². The van der Waals surface area contributed by atoms with E-state index in [1.807, 2.05) is 36.4 Å². The molecular formula is C23H22N2O3S. The van der Waals surface area contributed by atoms with Gasteiger partial charge in [0.05, 0.1) is 17.1 Å². The predicted octanol–water partition coefficient (Wildman–Crippen LogP) is 4.00. The highest BCUT2D eigenvalue weighted by atomic mass is 32.2. The van der Waals surface area contributed by atoms with Crippen LogP contribution in [0.3, 0.4) is 0 Å². The van der Waals surface area contributed by atoms with Crippen LogP contribution in [0.2, 0.25) is 0 Å². The van der Waals surface area contributed by atoms with Gasteiger partial charge in [-0.25, -0.2) is 8.42 Å². The zero-order valence-corrected chi connectivity index (χ0v) is 16.7. The van der Waals surface area contributed by atoms with Crippen molar-refractivity contribution in [2.24, 2.45) is 0 Å². The van der Waals surface area contributed by atoms with Crippen LogP contribution < -0.4 is 9.62 Å². The standard InChI is InChI=1S/C23H22N2O3S/c1-2-16-24-23(26)20-12-9-15-22(17-20)29(27,28)25(21-13-7-4-8-14-21)18-19-10-5-3-6-11-19/h2-15,17H,1,16,18H2,(H,24,26). The molecule has 148 valence electrons. The third kappa shape index (κ3) is 4.92. The quantitative estimate of drug-likeness (QED) is 0.575. The first-order valence-corrected chi connectivity index (χ1v) is 10.6. The predicted molar refractivity (Wildman–Crippen MR) is 115 cm³/mol. The number of rotatable bonds is 8. The van der Waals surface area contributed by atoms with Crippen LogP contribution >= 0.6 is 0 Å². The Bertz CT molecular complexity index is 1080. The number of carbonyl (C=O) groups is 1. The van der Waals surface area contributed by atoms with Crippen LogP contribution in [0.15, 0.2) is 102 Å². The lowest BCUT2D eigenvalue weighted by molar-refractivity contribution is 0.0958. The summed E-state index contributed by atoms with van der Waals surface area (Å²) in [5, 5.41) is 2.66. The van der Waals surface area contributed by atoms with Crippen molar-refractivity contribution in [3.05, 3.63) is 109 Å². The molecule has 1 amide bonds. The monoisotopic (exact) mass is 406 g/mol. The lowest BCUT2D eigenvalue weighted by atomic mass is 10.2. The second-order valence-electron chi connectivity index (χ2n) is 6.36. The summed E-state index contributed by atoms with van der Waals surface area (Å²) in [7, 11) is -3.90. The van der Waals surface area contributed by atoms with Crippen molar-refractivity contribution in [1.29, 1.82) is 0 Å². The molecule has 0 saturated heterocycles.